The third kappa shape index (κ3) is 4.91. The number of hydrogen-bond donors (Lipinski definition) is 2. The number of carbonyl (C=O) groups is 1. The molecule has 180 valence electrons. The molecule has 35 heavy (non-hydrogen) atoms. The lowest BCUT2D eigenvalue weighted by Gasteiger charge is -2.14. The first-order valence-corrected chi connectivity index (χ1v) is 12.3. The molecule has 5 rings (SSSR count). The van der Waals surface area contributed by atoms with E-state index in [-0.39, 0.29) is 23.5 Å². The van der Waals surface area contributed by atoms with Crippen molar-refractivity contribution in [1.82, 2.24) is 19.7 Å². The van der Waals surface area contributed by atoms with Gasteiger partial charge in [-0.3, -0.25) is 19.5 Å². The van der Waals surface area contributed by atoms with Gasteiger partial charge in [0.05, 0.1) is 23.3 Å². The third-order valence-corrected chi connectivity index (χ3v) is 6.95. The summed E-state index contributed by atoms with van der Waals surface area (Å²) in [6.07, 6.45) is 3.99. The van der Waals surface area contributed by atoms with Crippen molar-refractivity contribution in [2.45, 2.75) is 37.6 Å². The summed E-state index contributed by atoms with van der Waals surface area (Å²) in [4.78, 5) is 26.4. The van der Waals surface area contributed by atoms with Crippen LogP contribution in [0.2, 0.25) is 0 Å². The number of para-hydroxylation sites is 1. The Balaban J connectivity index is 1.35. The van der Waals surface area contributed by atoms with E-state index < -0.39 is 4.92 Å². The molecule has 10 nitrogen and oxygen atoms in total. The molecule has 0 saturated carbocycles. The molecule has 2 aromatic carbocycles. The molecule has 1 aliphatic rings. The molecule has 11 heteroatoms. The predicted octanol–water partition coefficient (Wildman–Crippen LogP) is 4.55. The average Bonchev–Trinajstić information content (AvgIpc) is 3.59. The molecule has 2 N–H and O–H groups in total. The van der Waals surface area contributed by atoms with Gasteiger partial charge in [0, 0.05) is 47.1 Å². The average molecular weight is 493 g/mol. The number of thioether (sulfide) groups is 1. The first kappa shape index (κ1) is 23.1. The zero-order valence-electron chi connectivity index (χ0n) is 19.1. The highest BCUT2D eigenvalue weighted by Crippen LogP contribution is 2.31. The standard InChI is InChI=1S/C24H24N6O4S/c1-15-11-16(30(32)33)8-9-20(15)26-22(31)14-35-24-28-27-23(29(24)13-17-5-4-10-34-17)19-12-25-21-7-3-2-6-18(19)21/h2-3,6-9,11-12,17,25H,4-5,10,13-14H2,1H3,(H,26,31). The lowest BCUT2D eigenvalue weighted by Crippen LogP contribution is -2.18. The summed E-state index contributed by atoms with van der Waals surface area (Å²) in [5.41, 5.74) is 3.12. The summed E-state index contributed by atoms with van der Waals surface area (Å²) in [5, 5.41) is 24.3. The molecule has 0 aliphatic carbocycles. The molecule has 0 bridgehead atoms. The van der Waals surface area contributed by atoms with Crippen molar-refractivity contribution in [3.05, 3.63) is 64.3 Å². The minimum absolute atomic E-state index is 0.0121. The van der Waals surface area contributed by atoms with Gasteiger partial charge in [0.25, 0.3) is 5.69 Å². The highest BCUT2D eigenvalue weighted by Gasteiger charge is 2.23. The molecule has 1 aliphatic heterocycles. The number of non-ortho nitro benzene ring substituents is 1. The predicted molar refractivity (Wildman–Crippen MR) is 133 cm³/mol. The van der Waals surface area contributed by atoms with Crippen LogP contribution in [0, 0.1) is 17.0 Å². The minimum atomic E-state index is -0.458. The number of anilines is 1. The van der Waals surface area contributed by atoms with Crippen LogP contribution in [-0.4, -0.2) is 49.0 Å². The Morgan fingerprint density at radius 1 is 1.31 bits per heavy atom. The number of fused-ring (bicyclic) bond motifs is 1. The monoisotopic (exact) mass is 492 g/mol. The second kappa shape index (κ2) is 9.88. The Kier molecular flexibility index (Phi) is 6.51. The second-order valence-corrected chi connectivity index (χ2v) is 9.34. The number of nitro groups is 1. The zero-order valence-corrected chi connectivity index (χ0v) is 19.9. The molecule has 0 radical (unpaired) electrons. The number of aryl methyl sites for hydroxylation is 1. The molecule has 1 amide bonds. The van der Waals surface area contributed by atoms with E-state index in [9.17, 15) is 14.9 Å². The highest BCUT2D eigenvalue weighted by atomic mass is 32.2. The van der Waals surface area contributed by atoms with Gasteiger partial charge in [0.1, 0.15) is 0 Å². The normalized spacial score (nSPS) is 15.5. The van der Waals surface area contributed by atoms with Crippen molar-refractivity contribution in [2.75, 3.05) is 17.7 Å². The number of hydrogen-bond acceptors (Lipinski definition) is 7. The first-order valence-electron chi connectivity index (χ1n) is 11.3. The first-order chi connectivity index (χ1) is 17.0. The Labute approximate surface area is 205 Å². The van der Waals surface area contributed by atoms with Gasteiger partial charge in [0.15, 0.2) is 11.0 Å². The van der Waals surface area contributed by atoms with E-state index in [0.717, 1.165) is 41.7 Å². The molecule has 3 heterocycles. The van der Waals surface area contributed by atoms with Crippen LogP contribution in [0.3, 0.4) is 0 Å². The van der Waals surface area contributed by atoms with Crippen LogP contribution >= 0.6 is 11.8 Å². The van der Waals surface area contributed by atoms with Gasteiger partial charge in [-0.1, -0.05) is 30.0 Å². The smallest absolute Gasteiger partial charge is 0.269 e. The molecule has 1 fully saturated rings. The maximum absolute atomic E-state index is 12.7. The van der Waals surface area contributed by atoms with Gasteiger partial charge >= 0.3 is 0 Å². The Morgan fingerprint density at radius 3 is 2.94 bits per heavy atom. The van der Waals surface area contributed by atoms with Crippen molar-refractivity contribution >= 4 is 39.9 Å². The van der Waals surface area contributed by atoms with Crippen LogP contribution in [-0.2, 0) is 16.1 Å². The van der Waals surface area contributed by atoms with Gasteiger partial charge in [-0.05, 0) is 37.5 Å². The SMILES string of the molecule is Cc1cc([N+](=O)[O-])ccc1NC(=O)CSc1nnc(-c2c[nH]c3ccccc23)n1CC1CCCO1. The second-order valence-electron chi connectivity index (χ2n) is 8.39. The Hall–Kier alpha value is -3.70. The number of carbonyl (C=O) groups excluding carboxylic acids is 1. The van der Waals surface area contributed by atoms with Crippen molar-refractivity contribution in [3.8, 4) is 11.4 Å². The molecule has 0 spiro atoms. The van der Waals surface area contributed by atoms with Crippen molar-refractivity contribution in [3.63, 3.8) is 0 Å². The highest BCUT2D eigenvalue weighted by molar-refractivity contribution is 7.99. The van der Waals surface area contributed by atoms with E-state index in [1.165, 1.54) is 23.9 Å². The van der Waals surface area contributed by atoms with E-state index in [0.29, 0.717) is 23.0 Å². The van der Waals surface area contributed by atoms with Gasteiger partial charge in [-0.2, -0.15) is 0 Å². The van der Waals surface area contributed by atoms with Gasteiger partial charge in [0.2, 0.25) is 5.91 Å². The van der Waals surface area contributed by atoms with Crippen molar-refractivity contribution in [1.29, 1.82) is 0 Å². The number of nitro benzene ring substituents is 1. The number of aromatic nitrogens is 4. The van der Waals surface area contributed by atoms with E-state index in [1.807, 2.05) is 35.0 Å². The van der Waals surface area contributed by atoms with Gasteiger partial charge < -0.3 is 15.0 Å². The largest absolute Gasteiger partial charge is 0.376 e. The van der Waals surface area contributed by atoms with Crippen LogP contribution in [0.4, 0.5) is 11.4 Å². The Morgan fingerprint density at radius 2 is 2.17 bits per heavy atom. The van der Waals surface area contributed by atoms with Gasteiger partial charge in [-0.25, -0.2) is 0 Å². The maximum Gasteiger partial charge on any atom is 0.269 e. The number of H-pyrrole nitrogens is 1. The molecule has 1 unspecified atom stereocenters. The fourth-order valence-electron chi connectivity index (χ4n) is 4.23. The Bertz CT molecular complexity index is 1390. The van der Waals surface area contributed by atoms with Crippen LogP contribution in [0.15, 0.2) is 53.8 Å². The summed E-state index contributed by atoms with van der Waals surface area (Å²) in [6, 6.07) is 12.4. The summed E-state index contributed by atoms with van der Waals surface area (Å²) in [6.45, 7) is 3.07. The van der Waals surface area contributed by atoms with Crippen LogP contribution in [0.5, 0.6) is 0 Å². The van der Waals surface area contributed by atoms with E-state index in [4.69, 9.17) is 4.74 Å². The molecule has 1 atom stereocenters. The topological polar surface area (TPSA) is 128 Å². The molecule has 4 aromatic rings. The zero-order chi connectivity index (χ0) is 24.4. The summed E-state index contributed by atoms with van der Waals surface area (Å²) in [5.74, 6) is 0.618. The van der Waals surface area contributed by atoms with E-state index in [2.05, 4.69) is 20.5 Å². The number of ether oxygens (including phenoxy) is 1. The van der Waals surface area contributed by atoms with Crippen LogP contribution in [0.1, 0.15) is 18.4 Å². The summed E-state index contributed by atoms with van der Waals surface area (Å²) >= 11 is 1.30. The minimum Gasteiger partial charge on any atom is -0.376 e. The van der Waals surface area contributed by atoms with Crippen molar-refractivity contribution in [2.24, 2.45) is 0 Å². The molecular formula is C24H24N6O4S. The molecule has 2 aromatic heterocycles. The van der Waals surface area contributed by atoms with Crippen LogP contribution < -0.4 is 5.32 Å². The number of nitrogens with zero attached hydrogens (tertiary/aromatic N) is 4. The fourth-order valence-corrected chi connectivity index (χ4v) is 4.97. The quantitative estimate of drug-likeness (QED) is 0.210. The number of nitrogens with one attached hydrogen (secondary N) is 2. The lowest BCUT2D eigenvalue weighted by molar-refractivity contribution is -0.384. The lowest BCUT2D eigenvalue weighted by atomic mass is 10.1. The third-order valence-electron chi connectivity index (χ3n) is 5.98. The van der Waals surface area contributed by atoms with Crippen molar-refractivity contribution < 1.29 is 14.5 Å². The fraction of sp³-hybridized carbons (Fsp3) is 0.292. The molecule has 1 saturated heterocycles. The number of rotatable bonds is 8. The number of amides is 1. The van der Waals surface area contributed by atoms with Gasteiger partial charge in [-0.15, -0.1) is 10.2 Å². The number of benzene rings is 2. The van der Waals surface area contributed by atoms with E-state index >= 15 is 0 Å². The van der Waals surface area contributed by atoms with Crippen LogP contribution in [0.25, 0.3) is 22.3 Å². The summed E-state index contributed by atoms with van der Waals surface area (Å²) < 4.78 is 7.89. The summed E-state index contributed by atoms with van der Waals surface area (Å²) in [7, 11) is 0. The number of aromatic amines is 1. The maximum atomic E-state index is 12.7. The molecular weight excluding hydrogens is 468 g/mol. The van der Waals surface area contributed by atoms with E-state index in [1.54, 1.807) is 13.0 Å².